The van der Waals surface area contributed by atoms with Crippen LogP contribution in [0.15, 0.2) is 60.7 Å². The van der Waals surface area contributed by atoms with Gasteiger partial charge in [0, 0.05) is 35.9 Å². The lowest BCUT2D eigenvalue weighted by Crippen LogP contribution is -2.37. The maximum Gasteiger partial charge on any atom is 0.323 e. The van der Waals surface area contributed by atoms with Crippen molar-refractivity contribution in [1.29, 1.82) is 0 Å². The van der Waals surface area contributed by atoms with Crippen LogP contribution in [-0.2, 0) is 11.3 Å². The van der Waals surface area contributed by atoms with Gasteiger partial charge in [0.05, 0.1) is 24.6 Å². The van der Waals surface area contributed by atoms with E-state index in [0.29, 0.717) is 53.8 Å². The first-order valence-corrected chi connectivity index (χ1v) is 11.6. The van der Waals surface area contributed by atoms with Crippen molar-refractivity contribution in [1.82, 2.24) is 5.32 Å². The number of aryl methyl sites for hydroxylation is 1. The number of halogens is 2. The maximum absolute atomic E-state index is 13.4. The molecule has 1 heterocycles. The Morgan fingerprint density at radius 1 is 1.00 bits per heavy atom. The van der Waals surface area contributed by atoms with Crippen LogP contribution < -0.4 is 20.9 Å². The van der Waals surface area contributed by atoms with E-state index in [9.17, 15) is 14.0 Å². The minimum Gasteiger partial charge on any atom is -0.378 e. The molecule has 182 valence electrons. The number of amides is 3. The van der Waals surface area contributed by atoms with E-state index >= 15 is 0 Å². The molecule has 7 nitrogen and oxygen atoms in total. The van der Waals surface area contributed by atoms with Gasteiger partial charge < -0.3 is 25.6 Å². The van der Waals surface area contributed by atoms with Gasteiger partial charge in [0.15, 0.2) is 0 Å². The van der Waals surface area contributed by atoms with Crippen LogP contribution in [0.25, 0.3) is 0 Å². The van der Waals surface area contributed by atoms with Crippen LogP contribution in [0.4, 0.5) is 26.2 Å². The molecule has 0 atom stereocenters. The summed E-state index contributed by atoms with van der Waals surface area (Å²) in [5.41, 5.74) is 3.75. The average Bonchev–Trinajstić information content (AvgIpc) is 2.85. The van der Waals surface area contributed by atoms with Gasteiger partial charge in [-0.2, -0.15) is 0 Å². The van der Waals surface area contributed by atoms with Crippen molar-refractivity contribution in [2.45, 2.75) is 13.5 Å². The van der Waals surface area contributed by atoms with E-state index in [2.05, 4.69) is 20.9 Å². The number of hydrogen-bond acceptors (Lipinski definition) is 4. The van der Waals surface area contributed by atoms with E-state index in [4.69, 9.17) is 16.3 Å². The third kappa shape index (κ3) is 6.49. The number of carbonyl (C=O) groups is 2. The molecular formula is C26H26ClFN4O3. The summed E-state index contributed by atoms with van der Waals surface area (Å²) >= 11 is 6.07. The molecule has 3 aromatic rings. The lowest BCUT2D eigenvalue weighted by molar-refractivity contribution is 0.0950. The highest BCUT2D eigenvalue weighted by Crippen LogP contribution is 2.29. The zero-order valence-corrected chi connectivity index (χ0v) is 20.0. The molecular weight excluding hydrogens is 471 g/mol. The van der Waals surface area contributed by atoms with Crippen molar-refractivity contribution in [2.24, 2.45) is 0 Å². The second-order valence-electron chi connectivity index (χ2n) is 8.18. The van der Waals surface area contributed by atoms with Crippen molar-refractivity contribution in [3.8, 4) is 0 Å². The molecule has 4 rings (SSSR count). The van der Waals surface area contributed by atoms with E-state index in [-0.39, 0.29) is 18.3 Å². The normalized spacial score (nSPS) is 13.3. The summed E-state index contributed by atoms with van der Waals surface area (Å²) in [5, 5.41) is 9.00. The van der Waals surface area contributed by atoms with Gasteiger partial charge in [-0.15, -0.1) is 0 Å². The SMILES string of the molecule is Cc1ccc(Cl)cc1NC(=O)Nc1cc(C(=O)NCc2cccc(F)c2)ccc1N1CCOCC1. The number of ether oxygens (including phenoxy) is 1. The zero-order chi connectivity index (χ0) is 24.8. The first kappa shape index (κ1) is 24.5. The molecule has 3 amide bonds. The van der Waals surface area contributed by atoms with Gasteiger partial charge in [-0.05, 0) is 60.5 Å². The number of rotatable bonds is 6. The minimum absolute atomic E-state index is 0.180. The molecule has 3 N–H and O–H groups in total. The van der Waals surface area contributed by atoms with Crippen LogP contribution in [0.3, 0.4) is 0 Å². The molecule has 35 heavy (non-hydrogen) atoms. The molecule has 0 saturated carbocycles. The van der Waals surface area contributed by atoms with Gasteiger partial charge in [-0.25, -0.2) is 9.18 Å². The average molecular weight is 497 g/mol. The maximum atomic E-state index is 13.4. The Kier molecular flexibility index (Phi) is 7.84. The first-order chi connectivity index (χ1) is 16.9. The van der Waals surface area contributed by atoms with Gasteiger partial charge >= 0.3 is 6.03 Å². The van der Waals surface area contributed by atoms with Crippen LogP contribution in [0, 0.1) is 12.7 Å². The smallest absolute Gasteiger partial charge is 0.323 e. The molecule has 3 aromatic carbocycles. The number of benzene rings is 3. The molecule has 0 aromatic heterocycles. The minimum atomic E-state index is -0.456. The zero-order valence-electron chi connectivity index (χ0n) is 19.2. The summed E-state index contributed by atoms with van der Waals surface area (Å²) in [4.78, 5) is 27.8. The number of morpholine rings is 1. The van der Waals surface area contributed by atoms with E-state index in [0.717, 1.165) is 11.3 Å². The Morgan fingerprint density at radius 3 is 2.54 bits per heavy atom. The molecule has 0 bridgehead atoms. The monoisotopic (exact) mass is 496 g/mol. The number of carbonyl (C=O) groups excluding carboxylic acids is 2. The fourth-order valence-corrected chi connectivity index (χ4v) is 3.97. The molecule has 0 spiro atoms. The van der Waals surface area contributed by atoms with Crippen LogP contribution in [0.1, 0.15) is 21.5 Å². The topological polar surface area (TPSA) is 82.7 Å². The first-order valence-electron chi connectivity index (χ1n) is 11.2. The van der Waals surface area contributed by atoms with E-state index in [1.54, 1.807) is 36.4 Å². The van der Waals surface area contributed by atoms with Gasteiger partial charge in [0.1, 0.15) is 5.82 Å². The predicted octanol–water partition coefficient (Wildman–Crippen LogP) is 5.20. The molecule has 1 aliphatic heterocycles. The van der Waals surface area contributed by atoms with Crippen molar-refractivity contribution >= 4 is 40.6 Å². The summed E-state index contributed by atoms with van der Waals surface area (Å²) in [6.07, 6.45) is 0. The molecule has 0 unspecified atom stereocenters. The standard InChI is InChI=1S/C26H26ClFN4O3/c1-17-5-7-20(27)15-22(17)30-26(34)31-23-14-19(6-8-24(23)32-9-11-35-12-10-32)25(33)29-16-18-3-2-4-21(28)13-18/h2-8,13-15H,9-12,16H2,1H3,(H,29,33)(H2,30,31,34). The Labute approximate surface area is 208 Å². The Hall–Kier alpha value is -3.62. The fourth-order valence-electron chi connectivity index (χ4n) is 3.79. The third-order valence-corrected chi connectivity index (χ3v) is 5.88. The summed E-state index contributed by atoms with van der Waals surface area (Å²) in [6, 6.07) is 16.0. The predicted molar refractivity (Wildman–Crippen MR) is 136 cm³/mol. The van der Waals surface area contributed by atoms with E-state index in [1.807, 2.05) is 19.1 Å². The molecule has 9 heteroatoms. The van der Waals surface area contributed by atoms with Gasteiger partial charge in [0.2, 0.25) is 0 Å². The van der Waals surface area contributed by atoms with Crippen LogP contribution in [0.2, 0.25) is 5.02 Å². The number of hydrogen-bond donors (Lipinski definition) is 3. The molecule has 1 fully saturated rings. The Morgan fingerprint density at radius 2 is 1.77 bits per heavy atom. The number of nitrogens with zero attached hydrogens (tertiary/aromatic N) is 1. The highest BCUT2D eigenvalue weighted by atomic mass is 35.5. The largest absolute Gasteiger partial charge is 0.378 e. The Balaban J connectivity index is 1.53. The highest BCUT2D eigenvalue weighted by molar-refractivity contribution is 6.31. The van der Waals surface area contributed by atoms with Crippen LogP contribution in [0.5, 0.6) is 0 Å². The van der Waals surface area contributed by atoms with E-state index < -0.39 is 6.03 Å². The van der Waals surface area contributed by atoms with Crippen molar-refractivity contribution in [3.05, 3.63) is 88.2 Å². The summed E-state index contributed by atoms with van der Waals surface area (Å²) in [7, 11) is 0. The van der Waals surface area contributed by atoms with Crippen molar-refractivity contribution in [3.63, 3.8) is 0 Å². The van der Waals surface area contributed by atoms with Crippen molar-refractivity contribution in [2.75, 3.05) is 41.8 Å². The second-order valence-corrected chi connectivity index (χ2v) is 8.62. The van der Waals surface area contributed by atoms with Gasteiger partial charge in [0.25, 0.3) is 5.91 Å². The summed E-state index contributed by atoms with van der Waals surface area (Å²) < 4.78 is 18.9. The molecule has 1 saturated heterocycles. The number of anilines is 3. The van der Waals surface area contributed by atoms with Crippen molar-refractivity contribution < 1.29 is 18.7 Å². The van der Waals surface area contributed by atoms with Crippen LogP contribution >= 0.6 is 11.6 Å². The molecule has 0 radical (unpaired) electrons. The third-order valence-electron chi connectivity index (χ3n) is 5.65. The lowest BCUT2D eigenvalue weighted by Gasteiger charge is -2.30. The number of nitrogens with one attached hydrogen (secondary N) is 3. The number of urea groups is 1. The van der Waals surface area contributed by atoms with E-state index in [1.165, 1.54) is 12.1 Å². The highest BCUT2D eigenvalue weighted by Gasteiger charge is 2.19. The Bertz CT molecular complexity index is 1230. The summed E-state index contributed by atoms with van der Waals surface area (Å²) in [6.45, 7) is 4.52. The quantitative estimate of drug-likeness (QED) is 0.438. The van der Waals surface area contributed by atoms with Gasteiger partial charge in [-0.1, -0.05) is 29.8 Å². The molecule has 1 aliphatic rings. The molecule has 0 aliphatic carbocycles. The fraction of sp³-hybridized carbons (Fsp3) is 0.231. The van der Waals surface area contributed by atoms with Crippen LogP contribution in [-0.4, -0.2) is 38.2 Å². The summed E-state index contributed by atoms with van der Waals surface area (Å²) in [5.74, 6) is -0.698. The van der Waals surface area contributed by atoms with Gasteiger partial charge in [-0.3, -0.25) is 4.79 Å². The lowest BCUT2D eigenvalue weighted by atomic mass is 10.1. The second kappa shape index (κ2) is 11.2.